The van der Waals surface area contributed by atoms with Gasteiger partial charge in [-0.2, -0.15) is 0 Å². The highest BCUT2D eigenvalue weighted by molar-refractivity contribution is 9.10. The van der Waals surface area contributed by atoms with Crippen LogP contribution in [-0.2, 0) is 6.42 Å². The first-order chi connectivity index (χ1) is 8.74. The largest absolute Gasteiger partial charge is 0.346 e. The van der Waals surface area contributed by atoms with Gasteiger partial charge in [-0.1, -0.05) is 42.5 Å². The summed E-state index contributed by atoms with van der Waals surface area (Å²) in [4.78, 5) is 7.89. The van der Waals surface area contributed by atoms with Crippen LogP contribution in [0.2, 0.25) is 0 Å². The Morgan fingerprint density at radius 3 is 2.67 bits per heavy atom. The monoisotopic (exact) mass is 320 g/mol. The zero-order chi connectivity index (χ0) is 12.5. The molecule has 1 aromatic carbocycles. The van der Waals surface area contributed by atoms with Gasteiger partial charge >= 0.3 is 0 Å². The Balaban J connectivity index is 1.95. The molecule has 2 aromatic rings. The van der Waals surface area contributed by atoms with E-state index in [0.717, 1.165) is 16.7 Å². The Morgan fingerprint density at radius 1 is 1.28 bits per heavy atom. The smallest absolute Gasteiger partial charge is 0.144 e. The first-order valence-electron chi connectivity index (χ1n) is 6.06. The second kappa shape index (κ2) is 4.94. The molecule has 92 valence electrons. The number of nitrogens with one attached hydrogen (secondary N) is 1. The van der Waals surface area contributed by atoms with Crippen molar-refractivity contribution >= 4 is 28.1 Å². The van der Waals surface area contributed by atoms with Gasteiger partial charge in [-0.15, -0.1) is 0 Å². The van der Waals surface area contributed by atoms with Crippen LogP contribution in [0.5, 0.6) is 0 Å². The van der Waals surface area contributed by atoms with Crippen LogP contribution in [0.25, 0.3) is 0 Å². The van der Waals surface area contributed by atoms with E-state index in [9.17, 15) is 0 Å². The third-order valence-corrected chi connectivity index (χ3v) is 4.50. The maximum Gasteiger partial charge on any atom is 0.144 e. The van der Waals surface area contributed by atoms with Crippen molar-refractivity contribution in [3.63, 3.8) is 0 Å². The lowest BCUT2D eigenvalue weighted by Gasteiger charge is -2.07. The summed E-state index contributed by atoms with van der Waals surface area (Å²) in [5.41, 5.74) is 2.47. The number of aromatic nitrogens is 2. The summed E-state index contributed by atoms with van der Waals surface area (Å²) in [6.45, 7) is 0. The minimum absolute atomic E-state index is 0.638. The standard InChI is InChI=1S/C14H13BrN2S/c15-12-13(10-6-7-10)16-11(17-14(12)18)8-9-4-2-1-3-5-9/h1-5,10H,6-8H2,(H,16,17,18). The van der Waals surface area contributed by atoms with Crippen molar-refractivity contribution in [1.29, 1.82) is 0 Å². The van der Waals surface area contributed by atoms with E-state index < -0.39 is 0 Å². The summed E-state index contributed by atoms with van der Waals surface area (Å²) >= 11 is 8.86. The second-order valence-corrected chi connectivity index (χ2v) is 5.83. The van der Waals surface area contributed by atoms with Gasteiger partial charge in [0.15, 0.2) is 0 Å². The second-order valence-electron chi connectivity index (χ2n) is 4.65. The third-order valence-electron chi connectivity index (χ3n) is 3.14. The van der Waals surface area contributed by atoms with E-state index in [1.165, 1.54) is 24.1 Å². The molecule has 0 atom stereocenters. The molecule has 0 radical (unpaired) electrons. The van der Waals surface area contributed by atoms with Crippen molar-refractivity contribution < 1.29 is 0 Å². The summed E-state index contributed by atoms with van der Waals surface area (Å²) in [5.74, 6) is 1.59. The highest BCUT2D eigenvalue weighted by atomic mass is 79.9. The normalized spacial score (nSPS) is 14.7. The molecule has 1 heterocycles. The fourth-order valence-electron chi connectivity index (χ4n) is 2.05. The van der Waals surface area contributed by atoms with Gasteiger partial charge in [0.25, 0.3) is 0 Å². The van der Waals surface area contributed by atoms with E-state index in [1.807, 2.05) is 18.2 Å². The lowest BCUT2D eigenvalue weighted by molar-refractivity contribution is 0.883. The van der Waals surface area contributed by atoms with Crippen molar-refractivity contribution in [2.75, 3.05) is 0 Å². The molecule has 18 heavy (non-hydrogen) atoms. The van der Waals surface area contributed by atoms with Gasteiger partial charge < -0.3 is 4.98 Å². The van der Waals surface area contributed by atoms with Gasteiger partial charge in [0.1, 0.15) is 10.5 Å². The molecule has 1 fully saturated rings. The SMILES string of the molecule is S=c1nc(Cc2ccccc2)[nH]c(C2CC2)c1Br. The predicted octanol–water partition coefficient (Wildman–Crippen LogP) is 4.37. The zero-order valence-corrected chi connectivity index (χ0v) is 12.2. The number of halogens is 1. The fraction of sp³-hybridized carbons (Fsp3) is 0.286. The fourth-order valence-corrected chi connectivity index (χ4v) is 2.78. The number of benzene rings is 1. The van der Waals surface area contributed by atoms with E-state index >= 15 is 0 Å². The Morgan fingerprint density at radius 2 is 2.00 bits per heavy atom. The molecule has 4 heteroatoms. The van der Waals surface area contributed by atoms with Crippen LogP contribution in [-0.4, -0.2) is 9.97 Å². The quantitative estimate of drug-likeness (QED) is 0.851. The molecule has 0 unspecified atom stereocenters. The van der Waals surface area contributed by atoms with Crippen LogP contribution in [0, 0.1) is 4.64 Å². The van der Waals surface area contributed by atoms with Gasteiger partial charge in [0.2, 0.25) is 0 Å². The molecule has 1 aliphatic carbocycles. The van der Waals surface area contributed by atoms with Crippen LogP contribution in [0.3, 0.4) is 0 Å². The van der Waals surface area contributed by atoms with Crippen molar-refractivity contribution in [3.8, 4) is 0 Å². The van der Waals surface area contributed by atoms with E-state index in [0.29, 0.717) is 10.6 Å². The highest BCUT2D eigenvalue weighted by Gasteiger charge is 2.27. The molecule has 1 aromatic heterocycles. The van der Waals surface area contributed by atoms with E-state index in [4.69, 9.17) is 12.2 Å². The third kappa shape index (κ3) is 2.54. The van der Waals surface area contributed by atoms with E-state index in [-0.39, 0.29) is 0 Å². The van der Waals surface area contributed by atoms with Gasteiger partial charge in [-0.3, -0.25) is 0 Å². The van der Waals surface area contributed by atoms with Gasteiger partial charge in [-0.25, -0.2) is 4.98 Å². The molecule has 2 nitrogen and oxygen atoms in total. The van der Waals surface area contributed by atoms with Crippen LogP contribution in [0.4, 0.5) is 0 Å². The molecule has 0 amide bonds. The lowest BCUT2D eigenvalue weighted by atomic mass is 10.1. The first kappa shape index (κ1) is 12.1. The zero-order valence-electron chi connectivity index (χ0n) is 9.82. The van der Waals surface area contributed by atoms with Crippen LogP contribution >= 0.6 is 28.1 Å². The summed E-state index contributed by atoms with van der Waals surface area (Å²) < 4.78 is 1.64. The minimum Gasteiger partial charge on any atom is -0.346 e. The summed E-state index contributed by atoms with van der Waals surface area (Å²) in [6, 6.07) is 10.3. The molecular formula is C14H13BrN2S. The highest BCUT2D eigenvalue weighted by Crippen LogP contribution is 2.42. The summed E-state index contributed by atoms with van der Waals surface area (Å²) in [6.07, 6.45) is 3.30. The number of H-pyrrole nitrogens is 1. The number of hydrogen-bond acceptors (Lipinski definition) is 2. The van der Waals surface area contributed by atoms with Crippen LogP contribution in [0.15, 0.2) is 34.8 Å². The van der Waals surface area contributed by atoms with Crippen molar-refractivity contribution in [1.82, 2.24) is 9.97 Å². The topological polar surface area (TPSA) is 28.7 Å². The maximum absolute atomic E-state index is 5.31. The average molecular weight is 321 g/mol. The van der Waals surface area contributed by atoms with E-state index in [2.05, 4.69) is 38.0 Å². The average Bonchev–Trinajstić information content (AvgIpc) is 3.19. The van der Waals surface area contributed by atoms with Crippen LogP contribution < -0.4 is 0 Å². The maximum atomic E-state index is 5.31. The molecular weight excluding hydrogens is 308 g/mol. The minimum atomic E-state index is 0.638. The summed E-state index contributed by atoms with van der Waals surface area (Å²) in [7, 11) is 0. The van der Waals surface area contributed by atoms with E-state index in [1.54, 1.807) is 0 Å². The molecule has 0 bridgehead atoms. The number of aromatic amines is 1. The molecule has 1 saturated carbocycles. The Kier molecular flexibility index (Phi) is 3.31. The van der Waals surface area contributed by atoms with Gasteiger partial charge in [-0.05, 0) is 34.3 Å². The number of hydrogen-bond donors (Lipinski definition) is 1. The van der Waals surface area contributed by atoms with Gasteiger partial charge in [0.05, 0.1) is 4.47 Å². The molecule has 0 aliphatic heterocycles. The molecule has 3 rings (SSSR count). The Hall–Kier alpha value is -1.00. The number of rotatable bonds is 3. The van der Waals surface area contributed by atoms with Gasteiger partial charge in [0, 0.05) is 18.0 Å². The molecule has 1 N–H and O–H groups in total. The van der Waals surface area contributed by atoms with Crippen LogP contribution in [0.1, 0.15) is 35.8 Å². The lowest BCUT2D eigenvalue weighted by Crippen LogP contribution is -2.01. The molecule has 0 spiro atoms. The van der Waals surface area contributed by atoms with Crippen molar-refractivity contribution in [3.05, 3.63) is 56.5 Å². The first-order valence-corrected chi connectivity index (χ1v) is 7.26. The number of nitrogens with zero attached hydrogens (tertiary/aromatic N) is 1. The predicted molar refractivity (Wildman–Crippen MR) is 78.3 cm³/mol. The Bertz CT molecular complexity index is 617. The van der Waals surface area contributed by atoms with Crippen molar-refractivity contribution in [2.24, 2.45) is 0 Å². The van der Waals surface area contributed by atoms with Crippen molar-refractivity contribution in [2.45, 2.75) is 25.2 Å². The molecule has 0 saturated heterocycles. The molecule has 1 aliphatic rings. The summed E-state index contributed by atoms with van der Waals surface area (Å²) in [5, 5.41) is 0. The Labute approximate surface area is 120 Å².